The summed E-state index contributed by atoms with van der Waals surface area (Å²) in [7, 11) is 3.81. The molecule has 2 heterocycles. The van der Waals surface area contributed by atoms with Crippen molar-refractivity contribution in [2.75, 3.05) is 58.5 Å². The Morgan fingerprint density at radius 1 is 1.00 bits per heavy atom. The number of anilines is 1. The Morgan fingerprint density at radius 3 is 2.21 bits per heavy atom. The molecule has 1 aliphatic rings. The molecule has 2 aromatic carbocycles. The molecule has 1 aromatic heterocycles. The highest BCUT2D eigenvalue weighted by Gasteiger charge is 2.28. The summed E-state index contributed by atoms with van der Waals surface area (Å²) in [5.74, 6) is 1.77. The maximum Gasteiger partial charge on any atom is 0.185 e. The summed E-state index contributed by atoms with van der Waals surface area (Å²) in [6.45, 7) is 14.6. The van der Waals surface area contributed by atoms with Gasteiger partial charge in [0.05, 0.1) is 31.4 Å². The number of nitrogens with one attached hydrogen (secondary N) is 1. The van der Waals surface area contributed by atoms with E-state index >= 15 is 0 Å². The van der Waals surface area contributed by atoms with Gasteiger partial charge in [0.15, 0.2) is 28.4 Å². The maximum atomic E-state index is 13.7. The third kappa shape index (κ3) is 5.53. The summed E-state index contributed by atoms with van der Waals surface area (Å²) in [5, 5.41) is 9.25. The van der Waals surface area contributed by atoms with E-state index in [1.165, 1.54) is 4.74 Å². The van der Waals surface area contributed by atoms with Crippen LogP contribution in [0.5, 0.6) is 17.2 Å². The van der Waals surface area contributed by atoms with Crippen molar-refractivity contribution in [1.29, 1.82) is 5.41 Å². The van der Waals surface area contributed by atoms with Gasteiger partial charge in [-0.2, -0.15) is 4.74 Å². The molecule has 206 valence electrons. The quantitative estimate of drug-likeness (QED) is 0.413. The second kappa shape index (κ2) is 11.1. The first-order chi connectivity index (χ1) is 18.1. The SMILES string of the molecule is CCOc1cc2on(CC(=O)c3cc(N4CCN(C)CC4)c(OC)c(C(C)(C)C)c3)c(=N)c2cc1OCC. The van der Waals surface area contributed by atoms with Crippen LogP contribution in [-0.2, 0) is 12.0 Å². The van der Waals surface area contributed by atoms with Crippen LogP contribution in [0.3, 0.4) is 0 Å². The maximum absolute atomic E-state index is 13.7. The Morgan fingerprint density at radius 2 is 1.63 bits per heavy atom. The van der Waals surface area contributed by atoms with Crippen molar-refractivity contribution in [1.82, 2.24) is 9.64 Å². The first kappa shape index (κ1) is 27.6. The molecule has 1 saturated heterocycles. The average Bonchev–Trinajstić information content (AvgIpc) is 3.17. The topological polar surface area (TPSA) is 93.2 Å². The second-order valence-electron chi connectivity index (χ2n) is 10.7. The van der Waals surface area contributed by atoms with Gasteiger partial charge in [-0.1, -0.05) is 20.8 Å². The fourth-order valence-electron chi connectivity index (χ4n) is 4.80. The predicted molar refractivity (Wildman–Crippen MR) is 148 cm³/mol. The predicted octanol–water partition coefficient (Wildman–Crippen LogP) is 4.45. The lowest BCUT2D eigenvalue weighted by molar-refractivity contribution is 0.0932. The van der Waals surface area contributed by atoms with Crippen LogP contribution >= 0.6 is 0 Å². The Labute approximate surface area is 224 Å². The molecule has 0 atom stereocenters. The van der Waals surface area contributed by atoms with Crippen LogP contribution in [0.15, 0.2) is 28.8 Å². The number of piperazine rings is 1. The number of hydrogen-bond donors (Lipinski definition) is 1. The summed E-state index contributed by atoms with van der Waals surface area (Å²) in [6.07, 6.45) is 0. The summed E-state index contributed by atoms with van der Waals surface area (Å²) >= 11 is 0. The molecule has 38 heavy (non-hydrogen) atoms. The number of carbonyl (C=O) groups is 1. The van der Waals surface area contributed by atoms with E-state index in [1.807, 2.05) is 26.0 Å². The fraction of sp³-hybridized carbons (Fsp3) is 0.517. The number of likely N-dealkylation sites (N-methyl/N-ethyl adjacent to an activating group) is 1. The van der Waals surface area contributed by atoms with E-state index in [9.17, 15) is 4.79 Å². The summed E-state index contributed by atoms with van der Waals surface area (Å²) < 4.78 is 24.6. The molecule has 0 radical (unpaired) electrons. The smallest absolute Gasteiger partial charge is 0.185 e. The second-order valence-corrected chi connectivity index (χ2v) is 10.7. The van der Waals surface area contributed by atoms with E-state index in [2.05, 4.69) is 37.6 Å². The Hall–Kier alpha value is -3.46. The van der Waals surface area contributed by atoms with Crippen LogP contribution in [0.2, 0.25) is 0 Å². The lowest BCUT2D eigenvalue weighted by Gasteiger charge is -2.36. The van der Waals surface area contributed by atoms with Crippen molar-refractivity contribution >= 4 is 22.4 Å². The molecule has 0 amide bonds. The number of hydrogen-bond acceptors (Lipinski definition) is 8. The van der Waals surface area contributed by atoms with E-state index < -0.39 is 0 Å². The number of carbonyl (C=O) groups excluding carboxylic acids is 1. The molecule has 1 fully saturated rings. The van der Waals surface area contributed by atoms with Gasteiger partial charge in [0.1, 0.15) is 12.3 Å². The first-order valence-corrected chi connectivity index (χ1v) is 13.2. The monoisotopic (exact) mass is 524 g/mol. The Bertz CT molecular complexity index is 1360. The van der Waals surface area contributed by atoms with Gasteiger partial charge in [-0.15, -0.1) is 0 Å². The van der Waals surface area contributed by atoms with E-state index in [0.29, 0.717) is 41.2 Å². The van der Waals surface area contributed by atoms with Crippen LogP contribution in [-0.4, -0.2) is 69.0 Å². The summed E-state index contributed by atoms with van der Waals surface area (Å²) in [6, 6.07) is 7.32. The number of aromatic nitrogens is 1. The summed E-state index contributed by atoms with van der Waals surface area (Å²) in [5.41, 5.74) is 2.82. The highest BCUT2D eigenvalue weighted by atomic mass is 16.5. The molecule has 4 rings (SSSR count). The van der Waals surface area contributed by atoms with Crippen molar-refractivity contribution in [2.45, 2.75) is 46.6 Å². The van der Waals surface area contributed by atoms with Gasteiger partial charge >= 0.3 is 0 Å². The van der Waals surface area contributed by atoms with E-state index in [0.717, 1.165) is 43.2 Å². The molecule has 9 nitrogen and oxygen atoms in total. The van der Waals surface area contributed by atoms with Crippen LogP contribution in [0.25, 0.3) is 11.0 Å². The van der Waals surface area contributed by atoms with Crippen LogP contribution in [0.1, 0.15) is 50.5 Å². The number of rotatable bonds is 9. The normalized spacial score (nSPS) is 14.7. The lowest BCUT2D eigenvalue weighted by Crippen LogP contribution is -2.44. The number of ether oxygens (including phenoxy) is 3. The minimum Gasteiger partial charge on any atom is -0.494 e. The van der Waals surface area contributed by atoms with Gasteiger partial charge in [-0.25, -0.2) is 0 Å². The Kier molecular flexibility index (Phi) is 8.06. The third-order valence-corrected chi connectivity index (χ3v) is 6.89. The zero-order chi connectivity index (χ0) is 27.6. The van der Waals surface area contributed by atoms with E-state index in [4.69, 9.17) is 24.1 Å². The largest absolute Gasteiger partial charge is 0.494 e. The van der Waals surface area contributed by atoms with Crippen molar-refractivity contribution in [3.63, 3.8) is 0 Å². The molecular formula is C29H40N4O5. The molecule has 0 saturated carbocycles. The number of Topliss-reactive ketones (excluding diaryl/α,β-unsaturated/α-hetero) is 1. The van der Waals surface area contributed by atoms with Crippen molar-refractivity contribution < 1.29 is 23.5 Å². The molecule has 1 aliphatic heterocycles. The first-order valence-electron chi connectivity index (χ1n) is 13.2. The van der Waals surface area contributed by atoms with E-state index in [-0.39, 0.29) is 23.2 Å². The number of ketones is 1. The lowest BCUT2D eigenvalue weighted by atomic mass is 9.84. The van der Waals surface area contributed by atoms with Gasteiger partial charge in [0.2, 0.25) is 0 Å². The van der Waals surface area contributed by atoms with Crippen molar-refractivity contribution in [2.24, 2.45) is 0 Å². The van der Waals surface area contributed by atoms with Crippen LogP contribution in [0, 0.1) is 5.41 Å². The highest BCUT2D eigenvalue weighted by Crippen LogP contribution is 2.40. The zero-order valence-electron chi connectivity index (χ0n) is 23.6. The van der Waals surface area contributed by atoms with Crippen LogP contribution in [0.4, 0.5) is 5.69 Å². The van der Waals surface area contributed by atoms with Gasteiger partial charge in [0.25, 0.3) is 0 Å². The Balaban J connectivity index is 1.73. The average molecular weight is 525 g/mol. The van der Waals surface area contributed by atoms with Crippen molar-refractivity contribution in [3.8, 4) is 17.2 Å². The molecule has 3 aromatic rings. The van der Waals surface area contributed by atoms with Gasteiger partial charge in [-0.3, -0.25) is 10.2 Å². The zero-order valence-corrected chi connectivity index (χ0v) is 23.6. The number of methoxy groups -OCH3 is 1. The molecule has 9 heteroatoms. The van der Waals surface area contributed by atoms with Crippen molar-refractivity contribution in [3.05, 3.63) is 40.9 Å². The molecule has 1 N–H and O–H groups in total. The highest BCUT2D eigenvalue weighted by molar-refractivity contribution is 5.98. The minimum absolute atomic E-state index is 0.0977. The van der Waals surface area contributed by atoms with Gasteiger partial charge in [-0.05, 0) is 44.5 Å². The van der Waals surface area contributed by atoms with Crippen LogP contribution < -0.4 is 24.6 Å². The van der Waals surface area contributed by atoms with E-state index in [1.54, 1.807) is 19.2 Å². The van der Waals surface area contributed by atoms with Gasteiger partial charge in [0, 0.05) is 43.4 Å². The number of benzene rings is 2. The fourth-order valence-corrected chi connectivity index (χ4v) is 4.80. The summed E-state index contributed by atoms with van der Waals surface area (Å²) in [4.78, 5) is 18.3. The molecule has 0 aliphatic carbocycles. The molecule has 0 spiro atoms. The molecule has 0 unspecified atom stereocenters. The third-order valence-electron chi connectivity index (χ3n) is 6.89. The minimum atomic E-state index is -0.235. The molecule has 0 bridgehead atoms. The van der Waals surface area contributed by atoms with Gasteiger partial charge < -0.3 is 28.5 Å². The number of fused-ring (bicyclic) bond motifs is 1. The standard InChI is InChI=1S/C29H40N4O5/c1-8-36-25-16-20-24(17-26(25)37-9-2)38-33(28(20)30)18-23(34)19-14-21(29(3,4)5)27(35-7)22(15-19)32-12-10-31(6)11-13-32/h14-17,30H,8-13,18H2,1-7H3. The molecular weight excluding hydrogens is 484 g/mol. The number of nitrogens with zero attached hydrogens (tertiary/aromatic N) is 3.